The number of hydrogen-bond donors (Lipinski definition) is 2. The molecule has 5 heterocycles. The van der Waals surface area contributed by atoms with Crippen molar-refractivity contribution in [3.63, 3.8) is 0 Å². The minimum absolute atomic E-state index is 0.0770. The fraction of sp³-hybridized carbons (Fsp3) is 0.486. The molecule has 2 aromatic carbocycles. The van der Waals surface area contributed by atoms with E-state index in [1.807, 2.05) is 24.3 Å². The molecule has 2 amide bonds. The summed E-state index contributed by atoms with van der Waals surface area (Å²) in [6.45, 7) is 3.49. The Labute approximate surface area is 291 Å². The number of fused-ring (bicyclic) bond motifs is 3. The van der Waals surface area contributed by atoms with E-state index in [2.05, 4.69) is 14.9 Å². The Morgan fingerprint density at radius 2 is 1.64 bits per heavy atom. The Hall–Kier alpha value is -4.30. The number of anilines is 1. The Morgan fingerprint density at radius 1 is 0.980 bits per heavy atom. The lowest BCUT2D eigenvalue weighted by molar-refractivity contribution is -0.142. The van der Waals surface area contributed by atoms with Gasteiger partial charge in [0.1, 0.15) is 0 Å². The molecule has 0 bridgehead atoms. The maximum Gasteiger partial charge on any atom is 0.418 e. The molecule has 1 atom stereocenters. The Morgan fingerprint density at radius 3 is 2.34 bits per heavy atom. The van der Waals surface area contributed by atoms with Crippen LogP contribution in [-0.2, 0) is 22.1 Å². The van der Waals surface area contributed by atoms with E-state index >= 15 is 0 Å². The molecule has 2 aromatic heterocycles. The number of carbonyl (C=O) groups is 2. The zero-order valence-corrected chi connectivity index (χ0v) is 28.2. The molecule has 3 aliphatic rings. The lowest BCUT2D eigenvalue weighted by Gasteiger charge is -2.38. The molecule has 50 heavy (non-hydrogen) atoms. The summed E-state index contributed by atoms with van der Waals surface area (Å²) in [4.78, 5) is 53.7. The fourth-order valence-electron chi connectivity index (χ4n) is 7.77. The predicted molar refractivity (Wildman–Crippen MR) is 183 cm³/mol. The number of piperidine rings is 2. The number of carbonyl (C=O) groups excluding carboxylic acids is 2. The van der Waals surface area contributed by atoms with Gasteiger partial charge in [-0.2, -0.15) is 13.2 Å². The second-order valence-electron chi connectivity index (χ2n) is 13.5. The number of nitrogens with zero attached hydrogens (tertiary/aromatic N) is 5. The van der Waals surface area contributed by atoms with Gasteiger partial charge in [-0.25, -0.2) is 9.59 Å². The van der Waals surface area contributed by atoms with Crippen LogP contribution in [0.3, 0.4) is 0 Å². The molecule has 0 radical (unpaired) electrons. The molecule has 3 N–H and O–H groups in total. The largest absolute Gasteiger partial charge is 0.436 e. The second-order valence-corrected chi connectivity index (χ2v) is 13.9. The van der Waals surface area contributed by atoms with Crippen LogP contribution in [0.1, 0.15) is 55.7 Å². The van der Waals surface area contributed by atoms with Gasteiger partial charge in [0.15, 0.2) is 6.10 Å². The fourth-order valence-corrected chi connectivity index (χ4v) is 8.01. The van der Waals surface area contributed by atoms with Crippen molar-refractivity contribution in [3.05, 3.63) is 69.2 Å². The Balaban J connectivity index is 1.07. The van der Waals surface area contributed by atoms with Gasteiger partial charge in [0.05, 0.1) is 39.0 Å². The first kappa shape index (κ1) is 34.2. The molecule has 0 saturated carbocycles. The van der Waals surface area contributed by atoms with Gasteiger partial charge in [0.2, 0.25) is 0 Å². The quantitative estimate of drug-likeness (QED) is 0.249. The van der Waals surface area contributed by atoms with Crippen molar-refractivity contribution < 1.29 is 27.5 Å². The van der Waals surface area contributed by atoms with E-state index in [1.165, 1.54) is 11.0 Å². The van der Waals surface area contributed by atoms with Crippen molar-refractivity contribution in [2.45, 2.75) is 69.3 Å². The van der Waals surface area contributed by atoms with Crippen LogP contribution in [0, 0.1) is 0 Å². The average molecular weight is 714 g/mol. The molecule has 266 valence electrons. The lowest BCUT2D eigenvalue weighted by atomic mass is 10.00. The Kier molecular flexibility index (Phi) is 9.42. The summed E-state index contributed by atoms with van der Waals surface area (Å²) >= 11 is 6.10. The number of ether oxygens (including phenoxy) is 1. The van der Waals surface area contributed by atoms with Gasteiger partial charge in [-0.3, -0.25) is 14.3 Å². The summed E-state index contributed by atoms with van der Waals surface area (Å²) in [7, 11) is 0. The maximum absolute atomic E-state index is 13.9. The van der Waals surface area contributed by atoms with Gasteiger partial charge in [0, 0.05) is 50.1 Å². The number of aromatic nitrogens is 3. The topological polar surface area (TPSA) is 130 Å². The van der Waals surface area contributed by atoms with Gasteiger partial charge in [0.25, 0.3) is 5.91 Å². The molecule has 0 unspecified atom stereocenters. The van der Waals surface area contributed by atoms with Crippen LogP contribution >= 0.6 is 11.6 Å². The molecule has 11 nitrogen and oxygen atoms in total. The van der Waals surface area contributed by atoms with E-state index in [4.69, 9.17) is 22.1 Å². The number of para-hydroxylation sites is 1. The monoisotopic (exact) mass is 713 g/mol. The summed E-state index contributed by atoms with van der Waals surface area (Å²) in [6.07, 6.45) is -0.774. The van der Waals surface area contributed by atoms with E-state index in [0.29, 0.717) is 43.0 Å². The number of pyridine rings is 1. The molecule has 0 aliphatic carbocycles. The number of aromatic amines is 1. The van der Waals surface area contributed by atoms with Gasteiger partial charge < -0.3 is 30.2 Å². The number of H-pyrrole nitrogens is 1. The highest BCUT2D eigenvalue weighted by molar-refractivity contribution is 6.33. The van der Waals surface area contributed by atoms with Gasteiger partial charge >= 0.3 is 18.0 Å². The summed E-state index contributed by atoms with van der Waals surface area (Å²) in [5.74, 6) is -0.459. The Bertz CT molecular complexity index is 1960. The molecule has 3 saturated heterocycles. The molecule has 4 aromatic rings. The number of nitrogens with two attached hydrogens (primary N) is 1. The first-order valence-electron chi connectivity index (χ1n) is 17.1. The minimum Gasteiger partial charge on any atom is -0.436 e. The van der Waals surface area contributed by atoms with Crippen molar-refractivity contribution >= 4 is 51.2 Å². The summed E-state index contributed by atoms with van der Waals surface area (Å²) in [5, 5.41) is 0.541. The maximum atomic E-state index is 13.9. The van der Waals surface area contributed by atoms with Crippen molar-refractivity contribution in [2.75, 3.05) is 45.0 Å². The van der Waals surface area contributed by atoms with Crippen LogP contribution in [0.15, 0.2) is 47.4 Å². The van der Waals surface area contributed by atoms with E-state index in [-0.39, 0.29) is 41.8 Å². The number of imidazole rings is 1. The third-order valence-electron chi connectivity index (χ3n) is 10.4. The minimum atomic E-state index is -4.77. The highest BCUT2D eigenvalue weighted by Gasteiger charge is 2.38. The highest BCUT2D eigenvalue weighted by atomic mass is 35.5. The van der Waals surface area contributed by atoms with Crippen molar-refractivity contribution in [3.8, 4) is 0 Å². The van der Waals surface area contributed by atoms with Crippen LogP contribution in [0.25, 0.3) is 21.9 Å². The summed E-state index contributed by atoms with van der Waals surface area (Å²) in [5.41, 5.74) is 5.89. The number of rotatable bonds is 6. The zero-order valence-electron chi connectivity index (χ0n) is 27.4. The molecular formula is C35H39ClF3N7O4. The number of benzene rings is 2. The zero-order chi connectivity index (χ0) is 35.2. The summed E-state index contributed by atoms with van der Waals surface area (Å²) < 4.78 is 48.9. The van der Waals surface area contributed by atoms with Gasteiger partial charge in [-0.1, -0.05) is 29.8 Å². The third kappa shape index (κ3) is 6.74. The molecular weight excluding hydrogens is 675 g/mol. The predicted octanol–water partition coefficient (Wildman–Crippen LogP) is 5.60. The molecule has 15 heteroatoms. The number of amides is 2. The van der Waals surface area contributed by atoms with E-state index in [1.54, 1.807) is 15.7 Å². The number of likely N-dealkylation sites (tertiary alicyclic amines) is 3. The molecule has 3 aliphatic heterocycles. The van der Waals surface area contributed by atoms with Crippen molar-refractivity contribution in [2.24, 2.45) is 0 Å². The molecule has 0 spiro atoms. The first-order valence-corrected chi connectivity index (χ1v) is 17.5. The number of halogens is 4. The smallest absolute Gasteiger partial charge is 0.418 e. The number of nitrogens with one attached hydrogen (secondary N) is 1. The summed E-state index contributed by atoms with van der Waals surface area (Å²) in [6, 6.07) is 9.84. The standard InChI is InChI=1S/C35H39ClF3N7O4/c36-26-18-21(17-25(30(26)40)35(37,38)39)19-29(32(47)44-13-7-22(8-14-44)43-11-3-4-12-43)50-34(49)45-15-9-23(10-16-45)46-28-20-41-27-6-2-1-5-24(27)31(28)42-33(46)48/h1-2,5-6,17-18,20,22-23,29H,3-4,7-16,19,40H2,(H,42,48)/t29-/m1/s1. The number of alkyl halides is 3. The van der Waals surface area contributed by atoms with Gasteiger partial charge in [-0.15, -0.1) is 0 Å². The highest BCUT2D eigenvalue weighted by Crippen LogP contribution is 2.38. The SMILES string of the molecule is Nc1c(Cl)cc(C[C@@H](OC(=O)N2CCC(n3c(=O)[nH]c4c5ccccc5ncc43)CC2)C(=O)N2CCC(N3CCCC3)CC2)cc1C(F)(F)F. The average Bonchev–Trinajstić information content (AvgIpc) is 3.77. The van der Waals surface area contributed by atoms with Crippen molar-refractivity contribution in [1.29, 1.82) is 0 Å². The lowest BCUT2D eigenvalue weighted by Crippen LogP contribution is -2.51. The van der Waals surface area contributed by atoms with Crippen LogP contribution in [0.4, 0.5) is 23.7 Å². The number of hydrogen-bond acceptors (Lipinski definition) is 7. The van der Waals surface area contributed by atoms with E-state index in [0.717, 1.165) is 55.7 Å². The van der Waals surface area contributed by atoms with Crippen molar-refractivity contribution in [1.82, 2.24) is 29.2 Å². The first-order chi connectivity index (χ1) is 24.0. The normalized spacial score (nSPS) is 19.0. The van der Waals surface area contributed by atoms with Crippen LogP contribution in [0.2, 0.25) is 5.02 Å². The molecule has 7 rings (SSSR count). The number of nitrogen functional groups attached to an aromatic ring is 1. The van der Waals surface area contributed by atoms with E-state index < -0.39 is 35.5 Å². The van der Waals surface area contributed by atoms with Crippen LogP contribution in [0.5, 0.6) is 0 Å². The second kappa shape index (κ2) is 13.8. The van der Waals surface area contributed by atoms with Gasteiger partial charge in [-0.05, 0) is 75.4 Å². The third-order valence-corrected chi connectivity index (χ3v) is 10.7. The van der Waals surface area contributed by atoms with Crippen LogP contribution < -0.4 is 11.4 Å². The van der Waals surface area contributed by atoms with Crippen LogP contribution in [-0.4, -0.2) is 92.6 Å². The molecule has 3 fully saturated rings. The van der Waals surface area contributed by atoms with E-state index in [9.17, 15) is 27.6 Å².